The second kappa shape index (κ2) is 8.25. The van der Waals surface area contributed by atoms with Gasteiger partial charge < -0.3 is 0 Å². The summed E-state index contributed by atoms with van der Waals surface area (Å²) < 4.78 is 0.131. The third-order valence-corrected chi connectivity index (χ3v) is 5.19. The summed E-state index contributed by atoms with van der Waals surface area (Å²) in [6, 6.07) is 18.6. The smallest absolute Gasteiger partial charge is 0.241 e. The molecule has 0 N–H and O–H groups in total. The summed E-state index contributed by atoms with van der Waals surface area (Å²) in [7, 11) is 0. The van der Waals surface area contributed by atoms with E-state index < -0.39 is 0 Å². The monoisotopic (exact) mass is 384 g/mol. The summed E-state index contributed by atoms with van der Waals surface area (Å²) in [6.07, 6.45) is 0.348. The van der Waals surface area contributed by atoms with Crippen LogP contribution in [0.2, 0.25) is 0 Å². The van der Waals surface area contributed by atoms with Gasteiger partial charge in [-0.05, 0) is 24.3 Å². The fraction of sp³-hybridized carbons (Fsp3) is 0.158. The van der Waals surface area contributed by atoms with Gasteiger partial charge in [-0.1, -0.05) is 60.4 Å². The van der Waals surface area contributed by atoms with Gasteiger partial charge in [-0.2, -0.15) is 0 Å². The maximum atomic E-state index is 12.9. The third-order valence-electron chi connectivity index (χ3n) is 3.83. The molecule has 26 heavy (non-hydrogen) atoms. The molecule has 3 amide bonds. The number of carbonyl (C=O) groups is 3. The molecule has 2 aromatic carbocycles. The van der Waals surface area contributed by atoms with Crippen molar-refractivity contribution in [1.29, 1.82) is 0 Å². The van der Waals surface area contributed by atoms with Crippen LogP contribution in [0.3, 0.4) is 0 Å². The van der Waals surface area contributed by atoms with Crippen molar-refractivity contribution in [3.63, 3.8) is 0 Å². The van der Waals surface area contributed by atoms with Crippen molar-refractivity contribution in [3.05, 3.63) is 60.7 Å². The van der Waals surface area contributed by atoms with E-state index in [9.17, 15) is 14.4 Å². The fourth-order valence-corrected chi connectivity index (χ4v) is 3.71. The molecule has 5 nitrogen and oxygen atoms in total. The Morgan fingerprint density at radius 2 is 1.38 bits per heavy atom. The molecule has 0 saturated carbocycles. The summed E-state index contributed by atoms with van der Waals surface area (Å²) in [6.45, 7) is 0. The van der Waals surface area contributed by atoms with Gasteiger partial charge in [-0.15, -0.1) is 0 Å². The second-order valence-electron chi connectivity index (χ2n) is 5.58. The van der Waals surface area contributed by atoms with E-state index in [4.69, 9.17) is 12.2 Å². The quantitative estimate of drug-likeness (QED) is 0.596. The van der Waals surface area contributed by atoms with E-state index in [0.717, 1.165) is 28.0 Å². The zero-order chi connectivity index (χ0) is 18.5. The molecule has 1 aliphatic heterocycles. The van der Waals surface area contributed by atoms with Gasteiger partial charge in [0.1, 0.15) is 4.32 Å². The van der Waals surface area contributed by atoms with Crippen molar-refractivity contribution in [3.8, 4) is 0 Å². The van der Waals surface area contributed by atoms with Crippen molar-refractivity contribution in [2.24, 2.45) is 0 Å². The van der Waals surface area contributed by atoms with E-state index in [0.29, 0.717) is 0 Å². The first-order valence-corrected chi connectivity index (χ1v) is 9.43. The first-order chi connectivity index (χ1) is 12.6. The SMILES string of the molecule is O=C1CCC(=O)N1C(=S)SCC(=O)N(c1ccccc1)c1ccccc1. The van der Waals surface area contributed by atoms with Crippen LogP contribution < -0.4 is 4.90 Å². The van der Waals surface area contributed by atoms with E-state index >= 15 is 0 Å². The summed E-state index contributed by atoms with van der Waals surface area (Å²) in [5.41, 5.74) is 1.48. The predicted octanol–water partition coefficient (Wildman–Crippen LogP) is 3.52. The number of imide groups is 1. The molecule has 1 fully saturated rings. The number of likely N-dealkylation sites (tertiary alicyclic amines) is 1. The summed E-state index contributed by atoms with van der Waals surface area (Å²) >= 11 is 6.21. The standard InChI is InChI=1S/C19H16N2O3S2/c22-16-11-12-17(23)21(16)19(25)26-13-18(24)20(14-7-3-1-4-8-14)15-9-5-2-6-10-15/h1-10H,11-13H2. The van der Waals surface area contributed by atoms with Gasteiger partial charge in [0.2, 0.25) is 17.7 Å². The molecule has 0 spiro atoms. The number of thioether (sulfide) groups is 1. The second-order valence-corrected chi connectivity index (χ2v) is 7.19. The van der Waals surface area contributed by atoms with E-state index in [1.807, 2.05) is 60.7 Å². The highest BCUT2D eigenvalue weighted by molar-refractivity contribution is 8.23. The molecule has 0 aromatic heterocycles. The molecule has 2 aromatic rings. The number of nitrogens with zero attached hydrogens (tertiary/aromatic N) is 2. The van der Waals surface area contributed by atoms with Crippen molar-refractivity contribution >= 4 is 57.4 Å². The molecule has 0 aliphatic carbocycles. The highest BCUT2D eigenvalue weighted by atomic mass is 32.2. The van der Waals surface area contributed by atoms with Gasteiger partial charge in [0, 0.05) is 24.2 Å². The number of para-hydroxylation sites is 2. The molecule has 132 valence electrons. The number of thiocarbonyl (C=S) groups is 1. The van der Waals surface area contributed by atoms with Crippen molar-refractivity contribution < 1.29 is 14.4 Å². The Labute approximate surface area is 161 Å². The Bertz CT molecular complexity index is 785. The molecule has 0 unspecified atom stereocenters. The van der Waals surface area contributed by atoms with Crippen molar-refractivity contribution in [1.82, 2.24) is 4.90 Å². The van der Waals surface area contributed by atoms with Crippen LogP contribution in [0.15, 0.2) is 60.7 Å². The Morgan fingerprint density at radius 3 is 1.85 bits per heavy atom. The van der Waals surface area contributed by atoms with Crippen LogP contribution in [0, 0.1) is 0 Å². The van der Waals surface area contributed by atoms with Gasteiger partial charge in [0.25, 0.3) is 0 Å². The highest BCUT2D eigenvalue weighted by Crippen LogP contribution is 2.27. The van der Waals surface area contributed by atoms with E-state index in [2.05, 4.69) is 0 Å². The normalized spacial score (nSPS) is 13.8. The first kappa shape index (κ1) is 18.3. The molecule has 0 radical (unpaired) electrons. The van der Waals surface area contributed by atoms with Gasteiger partial charge in [-0.25, -0.2) is 4.90 Å². The summed E-state index contributed by atoms with van der Waals surface area (Å²) in [5.74, 6) is -0.764. The van der Waals surface area contributed by atoms with E-state index in [-0.39, 0.29) is 40.6 Å². The van der Waals surface area contributed by atoms with Crippen LogP contribution in [-0.4, -0.2) is 32.7 Å². The van der Waals surface area contributed by atoms with Crippen LogP contribution in [0.1, 0.15) is 12.8 Å². The Hall–Kier alpha value is -2.51. The van der Waals surface area contributed by atoms with Crippen molar-refractivity contribution in [2.45, 2.75) is 12.8 Å². The minimum Gasteiger partial charge on any atom is -0.280 e. The lowest BCUT2D eigenvalue weighted by molar-refractivity contribution is -0.133. The Balaban J connectivity index is 1.75. The first-order valence-electron chi connectivity index (χ1n) is 8.03. The number of hydrogen-bond acceptors (Lipinski definition) is 5. The van der Waals surface area contributed by atoms with Crippen molar-refractivity contribution in [2.75, 3.05) is 10.7 Å². The number of amides is 3. The van der Waals surface area contributed by atoms with Crippen LogP contribution in [0.25, 0.3) is 0 Å². The largest absolute Gasteiger partial charge is 0.280 e. The lowest BCUT2D eigenvalue weighted by atomic mass is 10.2. The fourth-order valence-electron chi connectivity index (χ4n) is 2.62. The third kappa shape index (κ3) is 4.00. The van der Waals surface area contributed by atoms with Crippen LogP contribution in [0.4, 0.5) is 11.4 Å². The minimum atomic E-state index is -0.303. The lowest BCUT2D eigenvalue weighted by Crippen LogP contribution is -2.34. The number of benzene rings is 2. The van der Waals surface area contributed by atoms with Crippen LogP contribution >= 0.6 is 24.0 Å². The Kier molecular flexibility index (Phi) is 5.80. The maximum absolute atomic E-state index is 12.9. The minimum absolute atomic E-state index is 0.0275. The van der Waals surface area contributed by atoms with Gasteiger partial charge in [0.05, 0.1) is 5.75 Å². The topological polar surface area (TPSA) is 57.7 Å². The molecule has 0 atom stereocenters. The van der Waals surface area contributed by atoms with Gasteiger partial charge in [0.15, 0.2) is 0 Å². The van der Waals surface area contributed by atoms with Crippen LogP contribution in [0.5, 0.6) is 0 Å². The van der Waals surface area contributed by atoms with Gasteiger partial charge >= 0.3 is 0 Å². The maximum Gasteiger partial charge on any atom is 0.241 e. The zero-order valence-electron chi connectivity index (χ0n) is 13.8. The van der Waals surface area contributed by atoms with E-state index in [1.165, 1.54) is 0 Å². The van der Waals surface area contributed by atoms with E-state index in [1.54, 1.807) is 4.90 Å². The molecular weight excluding hydrogens is 368 g/mol. The molecule has 0 bridgehead atoms. The molecule has 1 saturated heterocycles. The molecule has 1 aliphatic rings. The predicted molar refractivity (Wildman–Crippen MR) is 106 cm³/mol. The number of carbonyl (C=O) groups excluding carboxylic acids is 3. The average Bonchev–Trinajstić information content (AvgIpc) is 3.00. The Morgan fingerprint density at radius 1 is 0.923 bits per heavy atom. The average molecular weight is 384 g/mol. The van der Waals surface area contributed by atoms with Crippen LogP contribution in [-0.2, 0) is 14.4 Å². The molecule has 3 rings (SSSR count). The molecular formula is C19H16N2O3S2. The summed E-state index contributed by atoms with van der Waals surface area (Å²) in [4.78, 5) is 39.0. The number of rotatable bonds is 4. The highest BCUT2D eigenvalue weighted by Gasteiger charge is 2.32. The zero-order valence-corrected chi connectivity index (χ0v) is 15.5. The molecule has 7 heteroatoms. The number of anilines is 2. The lowest BCUT2D eigenvalue weighted by Gasteiger charge is -2.23. The summed E-state index contributed by atoms with van der Waals surface area (Å²) in [5, 5.41) is 0. The molecule has 1 heterocycles. The number of hydrogen-bond donors (Lipinski definition) is 0. The van der Waals surface area contributed by atoms with Gasteiger partial charge in [-0.3, -0.25) is 19.3 Å².